The van der Waals surface area contributed by atoms with Gasteiger partial charge in [-0.25, -0.2) is 0 Å². The Kier molecular flexibility index (Phi) is 5.40. The molecule has 1 atom stereocenters. The third-order valence-corrected chi connectivity index (χ3v) is 4.02. The molecule has 0 aromatic heterocycles. The lowest BCUT2D eigenvalue weighted by Gasteiger charge is -2.36. The summed E-state index contributed by atoms with van der Waals surface area (Å²) in [6.07, 6.45) is 0. The summed E-state index contributed by atoms with van der Waals surface area (Å²) in [4.78, 5) is 7.27. The molecule has 112 valence electrons. The fourth-order valence-electron chi connectivity index (χ4n) is 2.56. The van der Waals surface area contributed by atoms with Crippen molar-refractivity contribution in [1.82, 2.24) is 9.80 Å². The predicted molar refractivity (Wildman–Crippen MR) is 86.3 cm³/mol. The molecule has 1 saturated heterocycles. The summed E-state index contributed by atoms with van der Waals surface area (Å²) < 4.78 is 0. The third-order valence-electron chi connectivity index (χ3n) is 4.02. The highest BCUT2D eigenvalue weighted by Crippen LogP contribution is 2.19. The molecule has 0 saturated carbocycles. The fraction of sp³-hybridized carbons (Fsp3) is 0.625. The second kappa shape index (κ2) is 7.07. The molecular formula is C16H28N4. The number of rotatable bonds is 5. The maximum Gasteiger partial charge on any atom is 0.0367 e. The van der Waals surface area contributed by atoms with E-state index in [1.165, 1.54) is 17.8 Å². The molecule has 1 unspecified atom stereocenters. The van der Waals surface area contributed by atoms with Crippen molar-refractivity contribution in [3.8, 4) is 0 Å². The number of nitrogens with zero attached hydrogens (tertiary/aromatic N) is 3. The zero-order valence-corrected chi connectivity index (χ0v) is 13.0. The zero-order chi connectivity index (χ0) is 14.5. The lowest BCUT2D eigenvalue weighted by atomic mass is 10.1. The minimum absolute atomic E-state index is 0.118. The first-order valence-electron chi connectivity index (χ1n) is 7.54. The van der Waals surface area contributed by atoms with Crippen molar-refractivity contribution >= 4 is 5.69 Å². The molecule has 1 aromatic carbocycles. The van der Waals surface area contributed by atoms with Crippen molar-refractivity contribution in [3.05, 3.63) is 29.8 Å². The van der Waals surface area contributed by atoms with Crippen LogP contribution in [0, 0.1) is 0 Å². The van der Waals surface area contributed by atoms with Gasteiger partial charge in [0.25, 0.3) is 0 Å². The van der Waals surface area contributed by atoms with Crippen LogP contribution in [0.25, 0.3) is 0 Å². The molecule has 1 heterocycles. The molecule has 2 rings (SSSR count). The van der Waals surface area contributed by atoms with Crippen LogP contribution in [0.15, 0.2) is 24.3 Å². The molecule has 1 aromatic rings. The highest BCUT2D eigenvalue weighted by atomic mass is 15.3. The van der Waals surface area contributed by atoms with Crippen molar-refractivity contribution in [2.24, 2.45) is 5.73 Å². The number of piperazine rings is 1. The number of nitrogens with two attached hydrogens (primary N) is 1. The molecule has 1 fully saturated rings. The number of hydrogen-bond acceptors (Lipinski definition) is 4. The SMILES string of the molecule is CC(N)c1ccc(N2CCN(CCN(C)C)CC2)cc1. The van der Waals surface area contributed by atoms with Crippen molar-refractivity contribution in [3.63, 3.8) is 0 Å². The topological polar surface area (TPSA) is 35.7 Å². The van der Waals surface area contributed by atoms with Crippen LogP contribution in [0.1, 0.15) is 18.5 Å². The molecule has 1 aliphatic heterocycles. The average Bonchev–Trinajstić information content (AvgIpc) is 2.46. The second-order valence-electron chi connectivity index (χ2n) is 6.01. The first-order valence-corrected chi connectivity index (χ1v) is 7.54. The van der Waals surface area contributed by atoms with Gasteiger partial charge in [-0.3, -0.25) is 4.90 Å². The highest BCUT2D eigenvalue weighted by Gasteiger charge is 2.17. The van der Waals surface area contributed by atoms with E-state index in [0.29, 0.717) is 0 Å². The van der Waals surface area contributed by atoms with Crippen LogP contribution in [0.5, 0.6) is 0 Å². The first-order chi connectivity index (χ1) is 9.56. The quantitative estimate of drug-likeness (QED) is 0.881. The summed E-state index contributed by atoms with van der Waals surface area (Å²) in [5.74, 6) is 0. The molecular weight excluding hydrogens is 248 g/mol. The Morgan fingerprint density at radius 3 is 2.20 bits per heavy atom. The van der Waals surface area contributed by atoms with E-state index in [4.69, 9.17) is 5.73 Å². The van der Waals surface area contributed by atoms with Gasteiger partial charge in [-0.15, -0.1) is 0 Å². The van der Waals surface area contributed by atoms with Crippen LogP contribution in [-0.4, -0.2) is 63.2 Å². The number of benzene rings is 1. The van der Waals surface area contributed by atoms with E-state index in [1.807, 2.05) is 6.92 Å². The Hall–Kier alpha value is -1.10. The Morgan fingerprint density at radius 2 is 1.70 bits per heavy atom. The largest absolute Gasteiger partial charge is 0.369 e. The fourth-order valence-corrected chi connectivity index (χ4v) is 2.56. The Labute approximate surface area is 123 Å². The van der Waals surface area contributed by atoms with Crippen molar-refractivity contribution < 1.29 is 0 Å². The van der Waals surface area contributed by atoms with Crippen molar-refractivity contribution in [2.75, 3.05) is 58.3 Å². The number of likely N-dealkylation sites (N-methyl/N-ethyl adjacent to an activating group) is 1. The van der Waals surface area contributed by atoms with Crippen LogP contribution in [-0.2, 0) is 0 Å². The number of anilines is 1. The van der Waals surface area contributed by atoms with Gasteiger partial charge in [0.1, 0.15) is 0 Å². The second-order valence-corrected chi connectivity index (χ2v) is 6.01. The minimum atomic E-state index is 0.118. The first kappa shape index (κ1) is 15.3. The molecule has 4 nitrogen and oxygen atoms in total. The van der Waals surface area contributed by atoms with E-state index < -0.39 is 0 Å². The van der Waals surface area contributed by atoms with Gasteiger partial charge in [-0.1, -0.05) is 12.1 Å². The lowest BCUT2D eigenvalue weighted by molar-refractivity contribution is 0.229. The Morgan fingerprint density at radius 1 is 1.10 bits per heavy atom. The third kappa shape index (κ3) is 4.20. The van der Waals surface area contributed by atoms with Gasteiger partial charge in [-0.2, -0.15) is 0 Å². The normalized spacial score (nSPS) is 18.6. The van der Waals surface area contributed by atoms with E-state index in [1.54, 1.807) is 0 Å². The summed E-state index contributed by atoms with van der Waals surface area (Å²) in [7, 11) is 4.27. The van der Waals surface area contributed by atoms with Gasteiger partial charge in [0.05, 0.1) is 0 Å². The molecule has 4 heteroatoms. The van der Waals surface area contributed by atoms with Gasteiger partial charge in [0.2, 0.25) is 0 Å². The van der Waals surface area contributed by atoms with E-state index in [0.717, 1.165) is 32.7 Å². The van der Waals surface area contributed by atoms with Crippen LogP contribution in [0.2, 0.25) is 0 Å². The van der Waals surface area contributed by atoms with Crippen molar-refractivity contribution in [1.29, 1.82) is 0 Å². The Bertz CT molecular complexity index is 391. The van der Waals surface area contributed by atoms with Gasteiger partial charge < -0.3 is 15.5 Å². The van der Waals surface area contributed by atoms with Crippen LogP contribution in [0.4, 0.5) is 5.69 Å². The van der Waals surface area contributed by atoms with E-state index in [-0.39, 0.29) is 6.04 Å². The lowest BCUT2D eigenvalue weighted by Crippen LogP contribution is -2.48. The molecule has 1 aliphatic rings. The van der Waals surface area contributed by atoms with E-state index in [9.17, 15) is 0 Å². The van der Waals surface area contributed by atoms with E-state index >= 15 is 0 Å². The molecule has 20 heavy (non-hydrogen) atoms. The highest BCUT2D eigenvalue weighted by molar-refractivity contribution is 5.48. The molecule has 0 spiro atoms. The maximum atomic E-state index is 5.89. The average molecular weight is 276 g/mol. The molecule has 0 amide bonds. The molecule has 0 aliphatic carbocycles. The van der Waals surface area contributed by atoms with Gasteiger partial charge >= 0.3 is 0 Å². The summed E-state index contributed by atoms with van der Waals surface area (Å²) >= 11 is 0. The predicted octanol–water partition coefficient (Wildman–Crippen LogP) is 1.39. The molecule has 0 bridgehead atoms. The van der Waals surface area contributed by atoms with Gasteiger partial charge in [-0.05, 0) is 38.7 Å². The van der Waals surface area contributed by atoms with E-state index in [2.05, 4.69) is 53.1 Å². The van der Waals surface area contributed by atoms with Gasteiger partial charge in [0, 0.05) is 51.0 Å². The zero-order valence-electron chi connectivity index (χ0n) is 13.0. The standard InChI is InChI=1S/C16H28N4/c1-14(17)15-4-6-16(7-5-15)20-12-10-19(11-13-20)9-8-18(2)3/h4-7,14H,8-13,17H2,1-3H3. The minimum Gasteiger partial charge on any atom is -0.369 e. The molecule has 0 radical (unpaired) electrons. The van der Waals surface area contributed by atoms with Crippen molar-refractivity contribution in [2.45, 2.75) is 13.0 Å². The summed E-state index contributed by atoms with van der Waals surface area (Å²) in [5.41, 5.74) is 8.42. The summed E-state index contributed by atoms with van der Waals surface area (Å²) in [6, 6.07) is 8.83. The summed E-state index contributed by atoms with van der Waals surface area (Å²) in [5, 5.41) is 0. The van der Waals surface area contributed by atoms with Crippen LogP contribution in [0.3, 0.4) is 0 Å². The van der Waals surface area contributed by atoms with Crippen LogP contribution < -0.4 is 10.6 Å². The Balaban J connectivity index is 1.84. The number of hydrogen-bond donors (Lipinski definition) is 1. The smallest absolute Gasteiger partial charge is 0.0367 e. The summed E-state index contributed by atoms with van der Waals surface area (Å²) in [6.45, 7) is 8.88. The van der Waals surface area contributed by atoms with Crippen LogP contribution >= 0.6 is 0 Å². The van der Waals surface area contributed by atoms with Gasteiger partial charge in [0.15, 0.2) is 0 Å². The molecule has 2 N–H and O–H groups in total. The maximum absolute atomic E-state index is 5.89. The monoisotopic (exact) mass is 276 g/mol.